The number of aromatic nitrogens is 3. The zero-order valence-electron chi connectivity index (χ0n) is 18.0. The third-order valence-corrected chi connectivity index (χ3v) is 5.85. The quantitative estimate of drug-likeness (QED) is 0.228. The maximum Gasteiger partial charge on any atom is 0.193 e. The lowest BCUT2D eigenvalue weighted by molar-refractivity contribution is 0.0377. The number of hydrogen-bond donors (Lipinski definition) is 2. The Labute approximate surface area is 201 Å². The van der Waals surface area contributed by atoms with Crippen molar-refractivity contribution >= 4 is 29.9 Å². The van der Waals surface area contributed by atoms with Crippen LogP contribution in [0.2, 0.25) is 0 Å². The molecular weight excluding hydrogens is 509 g/mol. The van der Waals surface area contributed by atoms with E-state index in [1.807, 2.05) is 12.1 Å². The van der Waals surface area contributed by atoms with E-state index in [-0.39, 0.29) is 24.0 Å². The fraction of sp³-hybridized carbons (Fsp3) is 0.667. The van der Waals surface area contributed by atoms with Crippen molar-refractivity contribution in [1.29, 1.82) is 0 Å². The number of guanidine groups is 1. The first-order valence-corrected chi connectivity index (χ1v) is 11.1. The van der Waals surface area contributed by atoms with Crippen LogP contribution in [0.5, 0.6) is 0 Å². The summed E-state index contributed by atoms with van der Waals surface area (Å²) in [6.45, 7) is 8.45. The van der Waals surface area contributed by atoms with Crippen LogP contribution in [0, 0.1) is 0 Å². The molecule has 9 nitrogen and oxygen atoms in total. The molecule has 0 unspecified atom stereocenters. The smallest absolute Gasteiger partial charge is 0.193 e. The molecule has 2 N–H and O–H groups in total. The van der Waals surface area contributed by atoms with Gasteiger partial charge in [-0.1, -0.05) is 0 Å². The van der Waals surface area contributed by atoms with Crippen molar-refractivity contribution < 1.29 is 9.15 Å². The van der Waals surface area contributed by atoms with E-state index in [0.717, 1.165) is 102 Å². The molecule has 0 aliphatic carbocycles. The van der Waals surface area contributed by atoms with Crippen molar-refractivity contribution in [3.63, 3.8) is 0 Å². The van der Waals surface area contributed by atoms with E-state index < -0.39 is 0 Å². The molecule has 4 rings (SSSR count). The van der Waals surface area contributed by atoms with E-state index in [2.05, 4.69) is 30.3 Å². The Morgan fingerprint density at radius 3 is 2.77 bits per heavy atom. The minimum Gasteiger partial charge on any atom is -0.469 e. The number of aromatic amines is 1. The van der Waals surface area contributed by atoms with Crippen molar-refractivity contribution in [2.24, 2.45) is 4.99 Å². The second kappa shape index (κ2) is 13.0. The summed E-state index contributed by atoms with van der Waals surface area (Å²) in [5.41, 5.74) is 0. The molecular formula is C21H34IN7O2. The molecule has 2 aromatic heterocycles. The summed E-state index contributed by atoms with van der Waals surface area (Å²) in [5, 5.41) is 10.6. The highest BCUT2D eigenvalue weighted by Crippen LogP contribution is 2.24. The molecule has 0 radical (unpaired) electrons. The average molecular weight is 543 g/mol. The topological polar surface area (TPSA) is 94.8 Å². The summed E-state index contributed by atoms with van der Waals surface area (Å²) < 4.78 is 10.9. The fourth-order valence-electron chi connectivity index (χ4n) is 4.10. The Kier molecular flexibility index (Phi) is 10.1. The lowest BCUT2D eigenvalue weighted by Gasteiger charge is -2.33. The standard InChI is InChI=1S/C21H33N7O2.HI/c1-3-19(30-14-1)4-8-23-21(22-7-2-9-27-12-15-29-16-13-27)28-10-5-18(6-11-28)20-24-17-25-26-20;/h1,3,14,17-18H,2,4-13,15-16H2,(H,22,23)(H,24,25,26);1H. The number of aliphatic imine (C=N–C) groups is 1. The Hall–Kier alpha value is -1.66. The van der Waals surface area contributed by atoms with E-state index >= 15 is 0 Å². The molecule has 0 atom stereocenters. The Balaban J connectivity index is 0.00000272. The number of halogens is 1. The zero-order valence-corrected chi connectivity index (χ0v) is 20.4. The third kappa shape index (κ3) is 7.46. The van der Waals surface area contributed by atoms with Crippen molar-refractivity contribution in [2.75, 3.05) is 59.0 Å². The number of furan rings is 1. The van der Waals surface area contributed by atoms with Gasteiger partial charge in [0, 0.05) is 58.2 Å². The van der Waals surface area contributed by atoms with E-state index in [9.17, 15) is 0 Å². The van der Waals surface area contributed by atoms with E-state index in [1.165, 1.54) is 0 Å². The number of morpholine rings is 1. The number of nitrogens with zero attached hydrogens (tertiary/aromatic N) is 5. The van der Waals surface area contributed by atoms with Gasteiger partial charge in [0.25, 0.3) is 0 Å². The first-order valence-electron chi connectivity index (χ1n) is 11.1. The first-order chi connectivity index (χ1) is 14.9. The second-order valence-corrected chi connectivity index (χ2v) is 7.90. The number of likely N-dealkylation sites (tertiary alicyclic amines) is 1. The molecule has 0 spiro atoms. The third-order valence-electron chi connectivity index (χ3n) is 5.85. The number of rotatable bonds is 8. The number of hydrogen-bond acceptors (Lipinski definition) is 6. The monoisotopic (exact) mass is 543 g/mol. The van der Waals surface area contributed by atoms with Crippen LogP contribution in [0.4, 0.5) is 0 Å². The predicted molar refractivity (Wildman–Crippen MR) is 130 cm³/mol. The van der Waals surface area contributed by atoms with Gasteiger partial charge in [0.15, 0.2) is 5.96 Å². The van der Waals surface area contributed by atoms with Gasteiger partial charge in [-0.15, -0.1) is 24.0 Å². The van der Waals surface area contributed by atoms with Gasteiger partial charge in [-0.25, -0.2) is 4.98 Å². The van der Waals surface area contributed by atoms with Crippen LogP contribution in [0.1, 0.15) is 36.8 Å². The van der Waals surface area contributed by atoms with Crippen molar-refractivity contribution in [3.05, 3.63) is 36.3 Å². The summed E-state index contributed by atoms with van der Waals surface area (Å²) >= 11 is 0. The minimum atomic E-state index is 0. The molecule has 4 heterocycles. The summed E-state index contributed by atoms with van der Waals surface area (Å²) in [5.74, 6) is 3.47. The molecule has 0 bridgehead atoms. The Morgan fingerprint density at radius 1 is 1.23 bits per heavy atom. The molecule has 0 saturated carbocycles. The summed E-state index contributed by atoms with van der Waals surface area (Å²) in [4.78, 5) is 14.1. The molecule has 2 saturated heterocycles. The molecule has 2 aliphatic heterocycles. The number of nitrogens with one attached hydrogen (secondary N) is 2. The summed E-state index contributed by atoms with van der Waals surface area (Å²) in [7, 11) is 0. The average Bonchev–Trinajstić information content (AvgIpc) is 3.51. The maximum atomic E-state index is 5.46. The lowest BCUT2D eigenvalue weighted by atomic mass is 9.96. The molecule has 10 heteroatoms. The fourth-order valence-corrected chi connectivity index (χ4v) is 4.10. The highest BCUT2D eigenvalue weighted by atomic mass is 127. The van der Waals surface area contributed by atoms with Gasteiger partial charge in [-0.3, -0.25) is 15.0 Å². The number of H-pyrrole nitrogens is 1. The summed E-state index contributed by atoms with van der Waals surface area (Å²) in [6, 6.07) is 3.95. The van der Waals surface area contributed by atoms with Crippen LogP contribution in [-0.4, -0.2) is 90.0 Å². The minimum absolute atomic E-state index is 0. The molecule has 0 aromatic carbocycles. The molecule has 2 aromatic rings. The normalized spacial score (nSPS) is 18.7. The van der Waals surface area contributed by atoms with Gasteiger partial charge >= 0.3 is 0 Å². The Bertz CT molecular complexity index is 740. The van der Waals surface area contributed by atoms with Crippen LogP contribution in [0.25, 0.3) is 0 Å². The number of piperidine rings is 1. The predicted octanol–water partition coefficient (Wildman–Crippen LogP) is 2.11. The highest BCUT2D eigenvalue weighted by molar-refractivity contribution is 14.0. The molecule has 172 valence electrons. The van der Waals surface area contributed by atoms with Crippen molar-refractivity contribution in [3.8, 4) is 0 Å². The van der Waals surface area contributed by atoms with Crippen LogP contribution in [-0.2, 0) is 11.2 Å². The molecule has 2 aliphatic rings. The SMILES string of the molecule is I.c1coc(CCNC(=NCCCN2CCOCC2)N2CCC(c3ncn[nH]3)CC2)c1. The lowest BCUT2D eigenvalue weighted by Crippen LogP contribution is -2.46. The van der Waals surface area contributed by atoms with E-state index in [4.69, 9.17) is 14.1 Å². The molecule has 2 fully saturated rings. The first kappa shape index (κ1) is 24.0. The van der Waals surface area contributed by atoms with Crippen LogP contribution in [0.3, 0.4) is 0 Å². The van der Waals surface area contributed by atoms with Gasteiger partial charge in [0.2, 0.25) is 0 Å². The van der Waals surface area contributed by atoms with Crippen LogP contribution < -0.4 is 5.32 Å². The zero-order chi connectivity index (χ0) is 20.4. The highest BCUT2D eigenvalue weighted by Gasteiger charge is 2.24. The van der Waals surface area contributed by atoms with Crippen molar-refractivity contribution in [1.82, 2.24) is 30.3 Å². The van der Waals surface area contributed by atoms with Crippen LogP contribution in [0.15, 0.2) is 34.1 Å². The van der Waals surface area contributed by atoms with Gasteiger partial charge < -0.3 is 19.4 Å². The van der Waals surface area contributed by atoms with Gasteiger partial charge in [-0.05, 0) is 31.4 Å². The second-order valence-electron chi connectivity index (χ2n) is 7.90. The molecule has 0 amide bonds. The van der Waals surface area contributed by atoms with E-state index in [0.29, 0.717) is 5.92 Å². The maximum absolute atomic E-state index is 5.46. The largest absolute Gasteiger partial charge is 0.469 e. The Morgan fingerprint density at radius 2 is 2.06 bits per heavy atom. The van der Waals surface area contributed by atoms with Gasteiger partial charge in [0.05, 0.1) is 19.5 Å². The summed E-state index contributed by atoms with van der Waals surface area (Å²) in [6.07, 6.45) is 7.36. The van der Waals surface area contributed by atoms with Gasteiger partial charge in [0.1, 0.15) is 17.9 Å². The number of ether oxygens (including phenoxy) is 1. The van der Waals surface area contributed by atoms with Crippen LogP contribution >= 0.6 is 24.0 Å². The van der Waals surface area contributed by atoms with Crippen molar-refractivity contribution in [2.45, 2.75) is 31.6 Å². The van der Waals surface area contributed by atoms with Gasteiger partial charge in [-0.2, -0.15) is 5.10 Å². The molecule has 31 heavy (non-hydrogen) atoms. The van der Waals surface area contributed by atoms with E-state index in [1.54, 1.807) is 12.6 Å².